The lowest BCUT2D eigenvalue weighted by molar-refractivity contribution is 0.117. The molecule has 2 atom stereocenters. The molecule has 1 aromatic rings. The van der Waals surface area contributed by atoms with Gasteiger partial charge < -0.3 is 4.74 Å². The normalized spacial score (nSPS) is 24.4. The summed E-state index contributed by atoms with van der Waals surface area (Å²) in [5.41, 5.74) is 0.897. The Hall–Kier alpha value is -0.430. The number of hydrogen-bond acceptors (Lipinski definition) is 3. The van der Waals surface area contributed by atoms with Crippen LogP contribution in [0, 0.1) is 6.92 Å². The number of hydrogen-bond donors (Lipinski definition) is 1. The topological polar surface area (TPSA) is 55.4 Å². The number of halogens is 1. The lowest BCUT2D eigenvalue weighted by Gasteiger charge is -2.16. The van der Waals surface area contributed by atoms with Crippen molar-refractivity contribution in [3.63, 3.8) is 0 Å². The van der Waals surface area contributed by atoms with Crippen molar-refractivity contribution in [1.29, 1.82) is 0 Å². The van der Waals surface area contributed by atoms with Crippen LogP contribution in [0.5, 0.6) is 0 Å². The Morgan fingerprint density at radius 3 is 2.72 bits per heavy atom. The molecule has 1 fully saturated rings. The highest BCUT2D eigenvalue weighted by atomic mass is 79.9. The molecule has 0 spiro atoms. The predicted molar refractivity (Wildman–Crippen MR) is 73.0 cm³/mol. The first-order valence-electron chi connectivity index (χ1n) is 5.80. The van der Waals surface area contributed by atoms with Crippen molar-refractivity contribution in [2.75, 3.05) is 6.61 Å². The van der Waals surface area contributed by atoms with Gasteiger partial charge in [-0.1, -0.05) is 15.9 Å². The van der Waals surface area contributed by atoms with Crippen molar-refractivity contribution in [2.24, 2.45) is 0 Å². The second-order valence-corrected chi connectivity index (χ2v) is 7.07. The monoisotopic (exact) mass is 333 g/mol. The Bertz CT molecular complexity index is 544. The van der Waals surface area contributed by atoms with Crippen molar-refractivity contribution in [1.82, 2.24) is 4.72 Å². The molecule has 0 amide bonds. The van der Waals surface area contributed by atoms with Crippen LogP contribution in [0.25, 0.3) is 0 Å². The lowest BCUT2D eigenvalue weighted by atomic mass is 10.2. The molecule has 1 aliphatic heterocycles. The predicted octanol–water partition coefficient (Wildman–Crippen LogP) is 2.21. The Morgan fingerprint density at radius 1 is 1.44 bits per heavy atom. The molecule has 0 bridgehead atoms. The molecule has 0 aromatic heterocycles. The first-order chi connectivity index (χ1) is 8.40. The molecule has 6 heteroatoms. The summed E-state index contributed by atoms with van der Waals surface area (Å²) in [6.07, 6.45) is 0.645. The summed E-state index contributed by atoms with van der Waals surface area (Å²) < 4.78 is 33.4. The van der Waals surface area contributed by atoms with Crippen molar-refractivity contribution >= 4 is 26.0 Å². The van der Waals surface area contributed by atoms with E-state index in [2.05, 4.69) is 20.7 Å². The zero-order valence-corrected chi connectivity index (χ0v) is 12.7. The summed E-state index contributed by atoms with van der Waals surface area (Å²) in [6.45, 7) is 4.35. The van der Waals surface area contributed by atoms with E-state index >= 15 is 0 Å². The van der Waals surface area contributed by atoms with Gasteiger partial charge in [0.15, 0.2) is 0 Å². The van der Waals surface area contributed by atoms with Gasteiger partial charge in [0.2, 0.25) is 10.0 Å². The summed E-state index contributed by atoms with van der Waals surface area (Å²) in [7, 11) is -3.47. The van der Waals surface area contributed by atoms with Crippen LogP contribution in [0.3, 0.4) is 0 Å². The lowest BCUT2D eigenvalue weighted by Crippen LogP contribution is -2.39. The fourth-order valence-electron chi connectivity index (χ4n) is 1.94. The number of ether oxygens (including phenoxy) is 1. The quantitative estimate of drug-likeness (QED) is 0.922. The van der Waals surface area contributed by atoms with Crippen molar-refractivity contribution in [2.45, 2.75) is 37.3 Å². The van der Waals surface area contributed by atoms with E-state index in [9.17, 15) is 8.42 Å². The van der Waals surface area contributed by atoms with Gasteiger partial charge in [0, 0.05) is 11.1 Å². The first kappa shape index (κ1) is 14.0. The van der Waals surface area contributed by atoms with Crippen molar-refractivity contribution < 1.29 is 13.2 Å². The molecule has 0 radical (unpaired) electrons. The smallest absolute Gasteiger partial charge is 0.240 e. The molecular formula is C12H16BrNO3S. The van der Waals surface area contributed by atoms with E-state index in [4.69, 9.17) is 4.74 Å². The zero-order chi connectivity index (χ0) is 13.3. The standard InChI is InChI=1S/C12H16BrNO3S/c1-8-7-10(3-4-11(8)13)18(15,16)14-12-5-6-17-9(12)2/h3-4,7,9,12,14H,5-6H2,1-2H3. The van der Waals surface area contributed by atoms with Gasteiger partial charge in [0.25, 0.3) is 0 Å². The maximum absolute atomic E-state index is 12.2. The average molecular weight is 334 g/mol. The molecule has 1 N–H and O–H groups in total. The molecule has 4 nitrogen and oxygen atoms in total. The highest BCUT2D eigenvalue weighted by Gasteiger charge is 2.29. The molecule has 1 aromatic carbocycles. The third kappa shape index (κ3) is 2.93. The van der Waals surface area contributed by atoms with Gasteiger partial charge in [-0.25, -0.2) is 13.1 Å². The Balaban J connectivity index is 2.22. The van der Waals surface area contributed by atoms with Crippen LogP contribution in [0.4, 0.5) is 0 Å². The van der Waals surface area contributed by atoms with Gasteiger partial charge in [-0.3, -0.25) is 0 Å². The van der Waals surface area contributed by atoms with Gasteiger partial charge in [0.05, 0.1) is 17.0 Å². The minimum atomic E-state index is -3.47. The van der Waals surface area contributed by atoms with Crippen molar-refractivity contribution in [3.05, 3.63) is 28.2 Å². The molecule has 100 valence electrons. The highest BCUT2D eigenvalue weighted by molar-refractivity contribution is 9.10. The second kappa shape index (κ2) is 5.28. The SMILES string of the molecule is Cc1cc(S(=O)(=O)NC2CCOC2C)ccc1Br. The molecule has 18 heavy (non-hydrogen) atoms. The summed E-state index contributed by atoms with van der Waals surface area (Å²) >= 11 is 3.36. The minimum absolute atomic E-state index is 0.0729. The third-order valence-corrected chi connectivity index (χ3v) is 5.50. The molecule has 1 saturated heterocycles. The second-order valence-electron chi connectivity index (χ2n) is 4.50. The van der Waals surface area contributed by atoms with E-state index in [-0.39, 0.29) is 12.1 Å². The largest absolute Gasteiger partial charge is 0.377 e. The number of sulfonamides is 1. The number of aryl methyl sites for hydroxylation is 1. The van der Waals surface area contributed by atoms with E-state index in [1.807, 2.05) is 13.8 Å². The molecule has 2 rings (SSSR count). The zero-order valence-electron chi connectivity index (χ0n) is 10.3. The van der Waals surface area contributed by atoms with Gasteiger partial charge in [-0.05, 0) is 44.0 Å². The maximum Gasteiger partial charge on any atom is 0.240 e. The molecule has 1 heterocycles. The average Bonchev–Trinajstić information content (AvgIpc) is 2.67. The van der Waals surface area contributed by atoms with E-state index < -0.39 is 10.0 Å². The number of nitrogens with one attached hydrogen (secondary N) is 1. The van der Waals surface area contributed by atoms with Crippen LogP contribution in [-0.4, -0.2) is 27.2 Å². The third-order valence-electron chi connectivity index (χ3n) is 3.12. The van der Waals surface area contributed by atoms with E-state index in [1.54, 1.807) is 18.2 Å². The van der Waals surface area contributed by atoms with Crippen LogP contribution < -0.4 is 4.72 Å². The van der Waals surface area contributed by atoms with Gasteiger partial charge in [0.1, 0.15) is 0 Å². The van der Waals surface area contributed by atoms with E-state index in [0.717, 1.165) is 16.5 Å². The molecule has 2 unspecified atom stereocenters. The van der Waals surface area contributed by atoms with Crippen LogP contribution in [0.2, 0.25) is 0 Å². The summed E-state index contributed by atoms with van der Waals surface area (Å²) in [5.74, 6) is 0. The van der Waals surface area contributed by atoms with Crippen molar-refractivity contribution in [3.8, 4) is 0 Å². The summed E-state index contributed by atoms with van der Waals surface area (Å²) in [5, 5.41) is 0. The van der Waals surface area contributed by atoms with E-state index in [0.29, 0.717) is 11.5 Å². The molecule has 1 aliphatic rings. The molecule has 0 aliphatic carbocycles. The number of rotatable bonds is 3. The summed E-state index contributed by atoms with van der Waals surface area (Å²) in [6, 6.07) is 4.87. The summed E-state index contributed by atoms with van der Waals surface area (Å²) in [4.78, 5) is 0.294. The highest BCUT2D eigenvalue weighted by Crippen LogP contribution is 2.21. The Kier molecular flexibility index (Phi) is 4.11. The van der Waals surface area contributed by atoms with Gasteiger partial charge in [-0.15, -0.1) is 0 Å². The fraction of sp³-hybridized carbons (Fsp3) is 0.500. The van der Waals surface area contributed by atoms with Crippen LogP contribution >= 0.6 is 15.9 Å². The van der Waals surface area contributed by atoms with Gasteiger partial charge >= 0.3 is 0 Å². The Labute approximate surface area is 116 Å². The Morgan fingerprint density at radius 2 is 2.17 bits per heavy atom. The van der Waals surface area contributed by atoms with Crippen LogP contribution in [0.1, 0.15) is 18.9 Å². The minimum Gasteiger partial charge on any atom is -0.377 e. The maximum atomic E-state index is 12.2. The van der Waals surface area contributed by atoms with E-state index in [1.165, 1.54) is 0 Å². The fourth-order valence-corrected chi connectivity index (χ4v) is 3.61. The molecule has 0 saturated carbocycles. The van der Waals surface area contributed by atoms with Gasteiger partial charge in [-0.2, -0.15) is 0 Å². The van der Waals surface area contributed by atoms with Crippen LogP contribution in [-0.2, 0) is 14.8 Å². The van der Waals surface area contributed by atoms with Crippen LogP contribution in [0.15, 0.2) is 27.6 Å². The number of benzene rings is 1. The molecular weight excluding hydrogens is 318 g/mol. The first-order valence-corrected chi connectivity index (χ1v) is 8.08.